The van der Waals surface area contributed by atoms with Gasteiger partial charge in [0.1, 0.15) is 23.7 Å². The first-order valence-corrected chi connectivity index (χ1v) is 13.5. The van der Waals surface area contributed by atoms with Gasteiger partial charge in [0.15, 0.2) is 0 Å². The summed E-state index contributed by atoms with van der Waals surface area (Å²) in [4.78, 5) is 28.0. The van der Waals surface area contributed by atoms with Crippen molar-refractivity contribution in [2.75, 3.05) is 26.8 Å². The number of aliphatic hydroxyl groups is 2. The molecule has 0 unspecified atom stereocenters. The molecule has 0 fully saturated rings. The molecule has 0 aliphatic heterocycles. The van der Waals surface area contributed by atoms with Crippen LogP contribution in [0.2, 0.25) is 0 Å². The van der Waals surface area contributed by atoms with E-state index in [9.17, 15) is 14.7 Å². The van der Waals surface area contributed by atoms with Gasteiger partial charge in [-0.15, -0.1) is 0 Å². The number of carbonyl (C=O) groups is 2. The number of hydrogen-bond donors (Lipinski definition) is 3. The minimum absolute atomic E-state index is 0.105. The van der Waals surface area contributed by atoms with Crippen LogP contribution in [0.3, 0.4) is 0 Å². The van der Waals surface area contributed by atoms with Crippen LogP contribution in [0.1, 0.15) is 25.8 Å². The van der Waals surface area contributed by atoms with E-state index >= 15 is 0 Å². The van der Waals surface area contributed by atoms with E-state index in [1.807, 2.05) is 56.3 Å². The minimum atomic E-state index is -1.06. The number of para-hydroxylation sites is 2. The number of rotatable bonds is 11. The first-order valence-electron chi connectivity index (χ1n) is 12.4. The van der Waals surface area contributed by atoms with Crippen molar-refractivity contribution in [1.82, 2.24) is 10.2 Å². The van der Waals surface area contributed by atoms with Gasteiger partial charge < -0.3 is 29.9 Å². The number of carbonyl (C=O) groups excluding carboxylic acids is 2. The van der Waals surface area contributed by atoms with Crippen LogP contribution in [-0.2, 0) is 16.0 Å². The van der Waals surface area contributed by atoms with Gasteiger partial charge in [-0.25, -0.2) is 0 Å². The molecule has 0 aromatic heterocycles. The predicted octanol–water partition coefficient (Wildman–Crippen LogP) is 2.94. The minimum Gasteiger partial charge on any atom is -0.496 e. The second kappa shape index (κ2) is 13.8. The number of amides is 2. The lowest BCUT2D eigenvalue weighted by Gasteiger charge is -2.41. The Hall–Kier alpha value is -2.63. The molecule has 0 radical (unpaired) electrons. The molecule has 37 heavy (non-hydrogen) atoms. The lowest BCUT2D eigenvalue weighted by atomic mass is 9.87. The van der Waals surface area contributed by atoms with Crippen LogP contribution in [0.25, 0.3) is 0 Å². The number of nitrogens with one attached hydrogen (secondary N) is 1. The van der Waals surface area contributed by atoms with Gasteiger partial charge in [0, 0.05) is 31.0 Å². The second-order valence-electron chi connectivity index (χ2n) is 9.19. The topological polar surface area (TPSA) is 108 Å². The molecule has 9 heteroatoms. The van der Waals surface area contributed by atoms with Gasteiger partial charge in [-0.05, 0) is 58.9 Å². The highest BCUT2D eigenvalue weighted by atomic mass is 127. The van der Waals surface area contributed by atoms with Crippen molar-refractivity contribution in [3.05, 3.63) is 69.3 Å². The number of ether oxygens (including phenoxy) is 2. The van der Waals surface area contributed by atoms with Crippen LogP contribution in [0, 0.1) is 9.49 Å². The Morgan fingerprint density at radius 3 is 2.46 bits per heavy atom. The van der Waals surface area contributed by atoms with Crippen LogP contribution in [0.15, 0.2) is 60.2 Å². The maximum atomic E-state index is 13.4. The Balaban J connectivity index is 1.94. The Morgan fingerprint density at radius 2 is 1.81 bits per heavy atom. The Labute approximate surface area is 231 Å². The van der Waals surface area contributed by atoms with E-state index < -0.39 is 18.2 Å². The molecular formula is C28H35IN2O6. The summed E-state index contributed by atoms with van der Waals surface area (Å²) in [6.07, 6.45) is 0.386. The van der Waals surface area contributed by atoms with Crippen molar-refractivity contribution in [2.45, 2.75) is 44.9 Å². The number of benzene rings is 2. The summed E-state index contributed by atoms with van der Waals surface area (Å²) >= 11 is 2.15. The molecule has 3 atom stereocenters. The standard InChI is InChI=1S/C28H35IN2O6/c1-18(2)28(35)31(14-12-19-8-4-6-10-23(19)36-3)22-16-20(27(34)30-13-15-32)17-25(26(22)33)37-24-11-7-5-9-21(24)29/h4-11,17-18,22,25-26,32-33H,12-16H2,1-3H3,(H,30,34)/t22-,25+,26+/m1/s1. The van der Waals surface area contributed by atoms with E-state index in [0.29, 0.717) is 24.3 Å². The first-order chi connectivity index (χ1) is 17.8. The maximum Gasteiger partial charge on any atom is 0.247 e. The summed E-state index contributed by atoms with van der Waals surface area (Å²) in [5, 5.41) is 23.3. The molecule has 2 amide bonds. The van der Waals surface area contributed by atoms with Crippen LogP contribution in [0.4, 0.5) is 0 Å². The number of aliphatic hydroxyl groups excluding tert-OH is 2. The number of methoxy groups -OCH3 is 1. The molecule has 1 aliphatic rings. The molecule has 3 rings (SSSR count). The van der Waals surface area contributed by atoms with E-state index in [4.69, 9.17) is 14.6 Å². The summed E-state index contributed by atoms with van der Waals surface area (Å²) in [7, 11) is 1.61. The molecule has 2 aromatic carbocycles. The van der Waals surface area contributed by atoms with E-state index in [1.165, 1.54) is 0 Å². The van der Waals surface area contributed by atoms with Gasteiger partial charge in [-0.1, -0.05) is 44.2 Å². The molecular weight excluding hydrogens is 587 g/mol. The Morgan fingerprint density at radius 1 is 1.14 bits per heavy atom. The monoisotopic (exact) mass is 622 g/mol. The second-order valence-corrected chi connectivity index (χ2v) is 10.4. The van der Waals surface area contributed by atoms with Gasteiger partial charge in [0.2, 0.25) is 11.8 Å². The fraction of sp³-hybridized carbons (Fsp3) is 0.429. The van der Waals surface area contributed by atoms with Gasteiger partial charge >= 0.3 is 0 Å². The molecule has 8 nitrogen and oxygen atoms in total. The maximum absolute atomic E-state index is 13.4. The molecule has 0 saturated carbocycles. The normalized spacial score (nSPS) is 19.2. The Bertz CT molecular complexity index is 1110. The van der Waals surface area contributed by atoms with Gasteiger partial charge in [-0.3, -0.25) is 9.59 Å². The zero-order valence-corrected chi connectivity index (χ0v) is 23.6. The fourth-order valence-electron chi connectivity index (χ4n) is 4.39. The van der Waals surface area contributed by atoms with E-state index in [1.54, 1.807) is 24.2 Å². The number of nitrogens with zero attached hydrogens (tertiary/aromatic N) is 1. The molecule has 2 aromatic rings. The lowest BCUT2D eigenvalue weighted by Crippen LogP contribution is -2.56. The third-order valence-corrected chi connectivity index (χ3v) is 7.20. The van der Waals surface area contributed by atoms with Crippen LogP contribution >= 0.6 is 22.6 Å². The van der Waals surface area contributed by atoms with Gasteiger partial charge in [-0.2, -0.15) is 0 Å². The molecule has 0 spiro atoms. The Kier molecular flexibility index (Phi) is 10.8. The van der Waals surface area contributed by atoms with Crippen molar-refractivity contribution in [1.29, 1.82) is 0 Å². The summed E-state index contributed by atoms with van der Waals surface area (Å²) < 4.78 is 12.5. The first kappa shape index (κ1) is 28.9. The van der Waals surface area contributed by atoms with Crippen LogP contribution in [-0.4, -0.2) is 72.0 Å². The predicted molar refractivity (Wildman–Crippen MR) is 149 cm³/mol. The molecule has 1 aliphatic carbocycles. The number of hydrogen-bond acceptors (Lipinski definition) is 6. The van der Waals surface area contributed by atoms with Crippen molar-refractivity contribution >= 4 is 34.4 Å². The van der Waals surface area contributed by atoms with Crippen molar-refractivity contribution in [2.24, 2.45) is 5.92 Å². The molecule has 3 N–H and O–H groups in total. The average Bonchev–Trinajstić information content (AvgIpc) is 2.90. The summed E-state index contributed by atoms with van der Waals surface area (Å²) in [5.41, 5.74) is 1.35. The highest BCUT2D eigenvalue weighted by Gasteiger charge is 2.41. The van der Waals surface area contributed by atoms with Crippen LogP contribution in [0.5, 0.6) is 11.5 Å². The van der Waals surface area contributed by atoms with E-state index in [0.717, 1.165) is 14.9 Å². The number of halogens is 1. The third-order valence-electron chi connectivity index (χ3n) is 6.31. The fourth-order valence-corrected chi connectivity index (χ4v) is 4.90. The van der Waals surface area contributed by atoms with E-state index in [-0.39, 0.29) is 37.3 Å². The lowest BCUT2D eigenvalue weighted by molar-refractivity contribution is -0.141. The molecule has 0 bridgehead atoms. The summed E-state index contributed by atoms with van der Waals surface area (Å²) in [6.45, 7) is 3.88. The van der Waals surface area contributed by atoms with Crippen molar-refractivity contribution in [3.63, 3.8) is 0 Å². The van der Waals surface area contributed by atoms with E-state index in [2.05, 4.69) is 27.9 Å². The summed E-state index contributed by atoms with van der Waals surface area (Å²) in [5.74, 6) is 0.521. The molecule has 200 valence electrons. The average molecular weight is 623 g/mol. The zero-order valence-electron chi connectivity index (χ0n) is 21.4. The van der Waals surface area contributed by atoms with Crippen molar-refractivity contribution < 1.29 is 29.3 Å². The summed E-state index contributed by atoms with van der Waals surface area (Å²) in [6, 6.07) is 14.4. The van der Waals surface area contributed by atoms with Crippen molar-refractivity contribution in [3.8, 4) is 11.5 Å². The van der Waals surface area contributed by atoms with Gasteiger partial charge in [0.05, 0.1) is 23.3 Å². The third kappa shape index (κ3) is 7.45. The smallest absolute Gasteiger partial charge is 0.247 e. The largest absolute Gasteiger partial charge is 0.496 e. The highest BCUT2D eigenvalue weighted by Crippen LogP contribution is 2.31. The quantitative estimate of drug-likeness (QED) is 0.333. The molecule has 0 heterocycles. The SMILES string of the molecule is COc1ccccc1CCN(C(=O)C(C)C)[C@@H]1CC(C(=O)NCCO)=C[C@H](Oc2ccccc2I)[C@H]1O. The molecule has 0 saturated heterocycles. The van der Waals surface area contributed by atoms with Crippen LogP contribution < -0.4 is 14.8 Å². The van der Waals surface area contributed by atoms with Gasteiger partial charge in [0.25, 0.3) is 0 Å². The highest BCUT2D eigenvalue weighted by molar-refractivity contribution is 14.1. The zero-order chi connectivity index (χ0) is 26.9.